The number of guanidine groups is 1. The van der Waals surface area contributed by atoms with Gasteiger partial charge in [-0.15, -0.1) is 12.4 Å². The fourth-order valence-corrected chi connectivity index (χ4v) is 0.691. The molecule has 0 saturated carbocycles. The maximum atomic E-state index is 4.16. The smallest absolute Gasteiger partial charge is 0.223 e. The van der Waals surface area contributed by atoms with Gasteiger partial charge in [-0.1, -0.05) is 0 Å². The topological polar surface area (TPSA) is 40.0 Å². The average Bonchev–Trinajstić information content (AvgIpc) is 1.88. The largest absolute Gasteiger partial charge is 0.355 e. The molecule has 1 rings (SSSR count). The Morgan fingerprint density at radius 3 is 2.45 bits per heavy atom. The van der Waals surface area contributed by atoms with E-state index in [0.29, 0.717) is 6.67 Å². The van der Waals surface area contributed by atoms with Crippen molar-refractivity contribution in [2.75, 3.05) is 20.8 Å². The lowest BCUT2D eigenvalue weighted by atomic mass is 10.6. The van der Waals surface area contributed by atoms with Gasteiger partial charge in [0.25, 0.3) is 0 Å². The Morgan fingerprint density at radius 2 is 2.09 bits per heavy atom. The van der Waals surface area contributed by atoms with E-state index in [2.05, 4.69) is 15.3 Å². The summed E-state index contributed by atoms with van der Waals surface area (Å²) < 4.78 is 0. The number of hydrogen-bond acceptors (Lipinski definition) is 4. The van der Waals surface area contributed by atoms with E-state index in [9.17, 15) is 0 Å². The van der Waals surface area contributed by atoms with Gasteiger partial charge in [-0.05, 0) is 6.92 Å². The number of rotatable bonds is 0. The van der Waals surface area contributed by atoms with Crippen molar-refractivity contribution < 1.29 is 0 Å². The molecule has 1 N–H and O–H groups in total. The molecule has 0 radical (unpaired) electrons. The number of hydrogen-bond donors (Lipinski definition) is 1. The first-order valence-corrected chi connectivity index (χ1v) is 3.21. The highest BCUT2D eigenvalue weighted by Gasteiger charge is 2.03. The summed E-state index contributed by atoms with van der Waals surface area (Å²) in [5.74, 6) is 1.72. The van der Waals surface area contributed by atoms with Crippen LogP contribution in [0.25, 0.3) is 0 Å². The lowest BCUT2D eigenvalue weighted by Gasteiger charge is -2.16. The summed E-state index contributed by atoms with van der Waals surface area (Å²) in [5.41, 5.74) is 0. The summed E-state index contributed by atoms with van der Waals surface area (Å²) in [5, 5.41) is 3.00. The van der Waals surface area contributed by atoms with E-state index in [1.165, 1.54) is 0 Å². The van der Waals surface area contributed by atoms with Crippen molar-refractivity contribution in [3.05, 3.63) is 0 Å². The molecule has 5 heteroatoms. The summed E-state index contributed by atoms with van der Waals surface area (Å²) in [7, 11) is 3.86. The Kier molecular flexibility index (Phi) is 3.89. The molecule has 0 spiro atoms. The van der Waals surface area contributed by atoms with E-state index in [-0.39, 0.29) is 12.4 Å². The SMILES string of the molecule is CC1=NC(N(C)C)=NCN1.Cl. The zero-order valence-corrected chi connectivity index (χ0v) is 7.77. The quantitative estimate of drug-likeness (QED) is 0.577. The Labute approximate surface area is 72.8 Å². The van der Waals surface area contributed by atoms with Crippen LogP contribution in [0.2, 0.25) is 0 Å². The van der Waals surface area contributed by atoms with Gasteiger partial charge in [-0.3, -0.25) is 0 Å². The van der Waals surface area contributed by atoms with Gasteiger partial charge in [0.05, 0.1) is 0 Å². The molecule has 0 fully saturated rings. The van der Waals surface area contributed by atoms with Crippen molar-refractivity contribution in [1.82, 2.24) is 10.2 Å². The summed E-state index contributed by atoms with van der Waals surface area (Å²) in [4.78, 5) is 10.2. The Bertz CT molecular complexity index is 185. The third-order valence-electron chi connectivity index (χ3n) is 1.22. The normalized spacial score (nSPS) is 15.5. The van der Waals surface area contributed by atoms with Crippen LogP contribution in [-0.4, -0.2) is 37.5 Å². The molecule has 11 heavy (non-hydrogen) atoms. The Morgan fingerprint density at radius 1 is 1.45 bits per heavy atom. The summed E-state index contributed by atoms with van der Waals surface area (Å²) in [6, 6.07) is 0. The lowest BCUT2D eigenvalue weighted by Crippen LogP contribution is -2.32. The first-order chi connectivity index (χ1) is 4.70. The van der Waals surface area contributed by atoms with Crippen molar-refractivity contribution in [3.63, 3.8) is 0 Å². The molecule has 0 aliphatic carbocycles. The second-order valence-corrected chi connectivity index (χ2v) is 2.38. The minimum atomic E-state index is 0. The third kappa shape index (κ3) is 2.76. The molecule has 0 aromatic rings. The first kappa shape index (κ1) is 10.2. The van der Waals surface area contributed by atoms with Crippen molar-refractivity contribution in [3.8, 4) is 0 Å². The fraction of sp³-hybridized carbons (Fsp3) is 0.667. The molecule has 0 amide bonds. The van der Waals surface area contributed by atoms with E-state index in [0.717, 1.165) is 11.8 Å². The van der Waals surface area contributed by atoms with Crippen LogP contribution >= 0.6 is 12.4 Å². The highest BCUT2D eigenvalue weighted by atomic mass is 35.5. The van der Waals surface area contributed by atoms with E-state index in [1.54, 1.807) is 0 Å². The number of aliphatic imine (C=N–C) groups is 2. The first-order valence-electron chi connectivity index (χ1n) is 3.21. The molecule has 0 aromatic carbocycles. The molecule has 1 heterocycles. The van der Waals surface area contributed by atoms with E-state index < -0.39 is 0 Å². The molecular formula is C6H13ClN4. The molecule has 4 nitrogen and oxygen atoms in total. The van der Waals surface area contributed by atoms with Gasteiger partial charge in [0.2, 0.25) is 5.96 Å². The van der Waals surface area contributed by atoms with E-state index in [4.69, 9.17) is 0 Å². The fourth-order valence-electron chi connectivity index (χ4n) is 0.691. The Balaban J connectivity index is 0.000001000. The van der Waals surface area contributed by atoms with E-state index >= 15 is 0 Å². The highest BCUT2D eigenvalue weighted by Crippen LogP contribution is 1.91. The second-order valence-electron chi connectivity index (χ2n) is 2.38. The number of nitrogens with one attached hydrogen (secondary N) is 1. The van der Waals surface area contributed by atoms with Gasteiger partial charge in [-0.25, -0.2) is 9.98 Å². The van der Waals surface area contributed by atoms with Crippen LogP contribution in [-0.2, 0) is 0 Å². The highest BCUT2D eigenvalue weighted by molar-refractivity contribution is 5.96. The molecule has 0 atom stereocenters. The predicted molar refractivity (Wildman–Crippen MR) is 49.5 cm³/mol. The van der Waals surface area contributed by atoms with Crippen LogP contribution in [0.4, 0.5) is 0 Å². The number of amidine groups is 1. The molecule has 1 aliphatic heterocycles. The summed E-state index contributed by atoms with van der Waals surface area (Å²) in [6.07, 6.45) is 0. The van der Waals surface area contributed by atoms with Crippen LogP contribution in [0.3, 0.4) is 0 Å². The van der Waals surface area contributed by atoms with Gasteiger partial charge >= 0.3 is 0 Å². The number of halogens is 1. The van der Waals surface area contributed by atoms with Crippen molar-refractivity contribution in [2.24, 2.45) is 9.98 Å². The van der Waals surface area contributed by atoms with E-state index in [1.807, 2.05) is 25.9 Å². The maximum absolute atomic E-state index is 4.16. The zero-order chi connectivity index (χ0) is 7.56. The molecule has 0 unspecified atom stereocenters. The lowest BCUT2D eigenvalue weighted by molar-refractivity contribution is 0.603. The monoisotopic (exact) mass is 176 g/mol. The van der Waals surface area contributed by atoms with Crippen molar-refractivity contribution in [2.45, 2.75) is 6.92 Å². The van der Waals surface area contributed by atoms with Gasteiger partial charge < -0.3 is 10.2 Å². The standard InChI is InChI=1S/C6H12N4.ClH/c1-5-7-4-8-6(9-5)10(2)3;/h4H2,1-3H3,(H,7,8,9);1H. The van der Waals surface area contributed by atoms with Gasteiger partial charge in [0.1, 0.15) is 12.5 Å². The van der Waals surface area contributed by atoms with Crippen molar-refractivity contribution in [1.29, 1.82) is 0 Å². The van der Waals surface area contributed by atoms with Gasteiger partial charge in [-0.2, -0.15) is 0 Å². The summed E-state index contributed by atoms with van der Waals surface area (Å²) in [6.45, 7) is 2.57. The van der Waals surface area contributed by atoms with Gasteiger partial charge in [0.15, 0.2) is 0 Å². The van der Waals surface area contributed by atoms with Crippen LogP contribution in [0, 0.1) is 0 Å². The molecule has 0 saturated heterocycles. The predicted octanol–water partition coefficient (Wildman–Crippen LogP) is 0.305. The molecule has 64 valence electrons. The van der Waals surface area contributed by atoms with Crippen LogP contribution in [0.15, 0.2) is 9.98 Å². The van der Waals surface area contributed by atoms with Gasteiger partial charge in [0, 0.05) is 14.1 Å². The molecule has 1 aliphatic rings. The molecule has 0 aromatic heterocycles. The molecule has 0 bridgehead atoms. The summed E-state index contributed by atoms with van der Waals surface area (Å²) >= 11 is 0. The third-order valence-corrected chi connectivity index (χ3v) is 1.22. The Hall–Kier alpha value is -0.770. The average molecular weight is 177 g/mol. The zero-order valence-electron chi connectivity index (χ0n) is 6.96. The maximum Gasteiger partial charge on any atom is 0.223 e. The van der Waals surface area contributed by atoms with Crippen molar-refractivity contribution >= 4 is 24.2 Å². The minimum Gasteiger partial charge on any atom is -0.355 e. The van der Waals surface area contributed by atoms with Crippen LogP contribution < -0.4 is 5.32 Å². The minimum absolute atomic E-state index is 0. The van der Waals surface area contributed by atoms with Crippen LogP contribution in [0.5, 0.6) is 0 Å². The molecular weight excluding hydrogens is 164 g/mol. The number of nitrogens with zero attached hydrogens (tertiary/aromatic N) is 3. The van der Waals surface area contributed by atoms with Crippen LogP contribution in [0.1, 0.15) is 6.92 Å². The second kappa shape index (κ2) is 4.18.